The van der Waals surface area contributed by atoms with Crippen molar-refractivity contribution in [2.24, 2.45) is 12.5 Å². The fraction of sp³-hybridized carbons (Fsp3) is 0.484. The van der Waals surface area contributed by atoms with E-state index in [0.717, 1.165) is 24.3 Å². The van der Waals surface area contributed by atoms with Gasteiger partial charge in [-0.05, 0) is 64.2 Å². The van der Waals surface area contributed by atoms with Crippen molar-refractivity contribution in [3.63, 3.8) is 0 Å². The maximum absolute atomic E-state index is 14.2. The third-order valence-corrected chi connectivity index (χ3v) is 8.56. The van der Waals surface area contributed by atoms with E-state index in [2.05, 4.69) is 10.2 Å². The fourth-order valence-corrected chi connectivity index (χ4v) is 5.38. The van der Waals surface area contributed by atoms with Gasteiger partial charge in [0.05, 0.1) is 22.9 Å². The van der Waals surface area contributed by atoms with Crippen LogP contribution in [0.4, 0.5) is 35.1 Å². The first-order valence-corrected chi connectivity index (χ1v) is 15.3. The van der Waals surface area contributed by atoms with Crippen LogP contribution < -0.4 is 0 Å². The van der Waals surface area contributed by atoms with E-state index in [9.17, 15) is 54.8 Å². The van der Waals surface area contributed by atoms with Gasteiger partial charge >= 0.3 is 30.2 Å². The molecular formula is C31H27ClF8N6O5. The highest BCUT2D eigenvalue weighted by atomic mass is 35.5. The number of carbonyl (C=O) groups is 3. The molecule has 0 unspecified atom stereocenters. The van der Waals surface area contributed by atoms with Crippen molar-refractivity contribution in [2.75, 3.05) is 6.73 Å². The Balaban J connectivity index is 1.46. The van der Waals surface area contributed by atoms with Crippen LogP contribution in [0.1, 0.15) is 68.1 Å². The van der Waals surface area contributed by atoms with Gasteiger partial charge in [0.2, 0.25) is 0 Å². The molecule has 5 rings (SSSR count). The van der Waals surface area contributed by atoms with Crippen LogP contribution in [0.3, 0.4) is 0 Å². The van der Waals surface area contributed by atoms with Gasteiger partial charge in [-0.1, -0.05) is 17.7 Å². The summed E-state index contributed by atoms with van der Waals surface area (Å²) < 4.78 is 121. The largest absolute Gasteiger partial charge is 0.459 e. The first kappa shape index (κ1) is 37.5. The van der Waals surface area contributed by atoms with E-state index in [1.165, 1.54) is 18.2 Å². The maximum Gasteiger partial charge on any atom is 0.459 e. The summed E-state index contributed by atoms with van der Waals surface area (Å²) in [5.74, 6) is -9.87. The fourth-order valence-electron chi connectivity index (χ4n) is 5.19. The highest BCUT2D eigenvalue weighted by Crippen LogP contribution is 2.50. The number of rotatable bonds is 9. The van der Waals surface area contributed by atoms with Crippen LogP contribution in [0, 0.1) is 16.7 Å². The second-order valence-corrected chi connectivity index (χ2v) is 13.5. The zero-order valence-electron chi connectivity index (χ0n) is 27.0. The van der Waals surface area contributed by atoms with E-state index in [0.29, 0.717) is 4.68 Å². The van der Waals surface area contributed by atoms with Crippen LogP contribution in [0.2, 0.25) is 5.02 Å². The number of carbonyl (C=O) groups excluding carboxylic acids is 3. The summed E-state index contributed by atoms with van der Waals surface area (Å²) in [6.07, 6.45) is -9.58. The molecule has 51 heavy (non-hydrogen) atoms. The summed E-state index contributed by atoms with van der Waals surface area (Å²) in [6, 6.07) is 5.73. The number of benzene rings is 1. The molecule has 0 bridgehead atoms. The summed E-state index contributed by atoms with van der Waals surface area (Å²) in [5.41, 5.74) is -9.00. The zero-order valence-corrected chi connectivity index (χ0v) is 27.8. The molecule has 0 radical (unpaired) electrons. The van der Waals surface area contributed by atoms with E-state index >= 15 is 0 Å². The van der Waals surface area contributed by atoms with Crippen LogP contribution in [-0.2, 0) is 38.2 Å². The molecule has 2 heterocycles. The lowest BCUT2D eigenvalue weighted by atomic mass is 10.0. The maximum atomic E-state index is 14.2. The van der Waals surface area contributed by atoms with Gasteiger partial charge in [-0.25, -0.2) is 9.36 Å². The zero-order chi connectivity index (χ0) is 38.1. The molecule has 0 atom stereocenters. The molecule has 0 N–H and O–H groups in total. The lowest BCUT2D eigenvalue weighted by Gasteiger charge is -2.28. The van der Waals surface area contributed by atoms with E-state index in [1.54, 1.807) is 20.8 Å². The number of aryl methyl sites for hydroxylation is 1. The second kappa shape index (κ2) is 12.2. The predicted octanol–water partition coefficient (Wildman–Crippen LogP) is 6.72. The lowest BCUT2D eigenvalue weighted by molar-refractivity contribution is -0.292. The Morgan fingerprint density at radius 3 is 2.14 bits per heavy atom. The number of alkyl halides is 8. The minimum Gasteiger partial charge on any atom is -0.459 e. The van der Waals surface area contributed by atoms with Crippen molar-refractivity contribution in [2.45, 2.75) is 75.9 Å². The molecule has 0 aliphatic heterocycles. The Kier molecular flexibility index (Phi) is 8.98. The van der Waals surface area contributed by atoms with Crippen molar-refractivity contribution in [3.05, 3.63) is 52.4 Å². The van der Waals surface area contributed by atoms with Gasteiger partial charge in [-0.3, -0.25) is 19.3 Å². The molecule has 3 aromatic rings. The summed E-state index contributed by atoms with van der Waals surface area (Å²) in [6.45, 7) is 4.11. The van der Waals surface area contributed by atoms with E-state index < -0.39 is 76.5 Å². The predicted molar refractivity (Wildman–Crippen MR) is 158 cm³/mol. The average Bonchev–Trinajstić information content (AvgIpc) is 3.90. The Labute approximate surface area is 288 Å². The Morgan fingerprint density at radius 1 is 1.00 bits per heavy atom. The van der Waals surface area contributed by atoms with Crippen molar-refractivity contribution in [1.29, 1.82) is 5.26 Å². The smallest absolute Gasteiger partial charge is 0.459 e. The minimum absolute atomic E-state index is 0.0356. The molecule has 2 aromatic heterocycles. The number of aromatic nitrogens is 4. The Morgan fingerprint density at radius 2 is 1.63 bits per heavy atom. The number of esters is 2. The molecule has 2 aliphatic rings. The molecule has 1 aromatic carbocycles. The number of halogens is 9. The van der Waals surface area contributed by atoms with Gasteiger partial charge in [0.25, 0.3) is 5.91 Å². The summed E-state index contributed by atoms with van der Waals surface area (Å²) in [4.78, 5) is 40.6. The molecule has 11 nitrogen and oxygen atoms in total. The van der Waals surface area contributed by atoms with Gasteiger partial charge in [0.15, 0.2) is 23.7 Å². The number of nitrogens with zero attached hydrogens (tertiary/aromatic N) is 6. The highest BCUT2D eigenvalue weighted by Gasteiger charge is 2.64. The van der Waals surface area contributed by atoms with Gasteiger partial charge in [-0.15, -0.1) is 0 Å². The van der Waals surface area contributed by atoms with Crippen molar-refractivity contribution in [1.82, 2.24) is 24.5 Å². The highest BCUT2D eigenvalue weighted by molar-refractivity contribution is 6.34. The molecular weight excluding hydrogens is 724 g/mol. The van der Waals surface area contributed by atoms with Gasteiger partial charge in [0, 0.05) is 18.8 Å². The summed E-state index contributed by atoms with van der Waals surface area (Å²) in [5, 5.41) is 16.3. The number of ether oxygens (including phenoxy) is 2. The second-order valence-electron chi connectivity index (χ2n) is 13.1. The number of hydrogen-bond donors (Lipinski definition) is 0. The molecule has 2 fully saturated rings. The number of amides is 1. The van der Waals surface area contributed by atoms with E-state index in [4.69, 9.17) is 21.1 Å². The summed E-state index contributed by atoms with van der Waals surface area (Å²) >= 11 is 6.34. The normalized spacial score (nSPS) is 16.6. The standard InChI is InChI=1S/C31H27ClF8N6O5/c1-26(2,3)51-25(49)28(9-10-28)24(48)50-15-45(27(14-41)7-8-27)23(47)18-11-16(5-6-19(18)32)17-12-42-46(13-17)22-20(30(35,36)37)21(43-44(22)4)29(33,34)31(38,39)40/h5-6,11-13H,7-10,15H2,1-4H3. The molecule has 1 amide bonds. The topological polar surface area (TPSA) is 132 Å². The first-order valence-electron chi connectivity index (χ1n) is 15.0. The van der Waals surface area contributed by atoms with Crippen LogP contribution in [0.25, 0.3) is 16.9 Å². The lowest BCUT2D eigenvalue weighted by Crippen LogP contribution is -2.45. The van der Waals surface area contributed by atoms with Crippen LogP contribution in [0.15, 0.2) is 30.6 Å². The number of nitriles is 1. The van der Waals surface area contributed by atoms with Crippen LogP contribution in [0.5, 0.6) is 0 Å². The van der Waals surface area contributed by atoms with Crippen molar-refractivity contribution < 1.29 is 59.0 Å². The van der Waals surface area contributed by atoms with Crippen molar-refractivity contribution in [3.8, 4) is 23.0 Å². The SMILES string of the molecule is Cn1nc(C(F)(F)C(F)(F)F)c(C(F)(F)F)c1-n1cc(-c2ccc(Cl)c(C(=O)N(COC(=O)C3(C(=O)OC(C)(C)C)CC3)C3(C#N)CC3)c2)cn1. The van der Waals surface area contributed by atoms with E-state index in [-0.39, 0.29) is 52.1 Å². The third-order valence-electron chi connectivity index (χ3n) is 8.23. The van der Waals surface area contributed by atoms with Gasteiger partial charge in [-0.2, -0.15) is 50.6 Å². The quantitative estimate of drug-likeness (QED) is 0.102. The Bertz CT molecular complexity index is 1950. The number of hydrogen-bond acceptors (Lipinski definition) is 8. The summed E-state index contributed by atoms with van der Waals surface area (Å²) in [7, 11) is 0.726. The molecule has 2 saturated carbocycles. The third kappa shape index (κ3) is 6.85. The van der Waals surface area contributed by atoms with Crippen molar-refractivity contribution >= 4 is 29.4 Å². The van der Waals surface area contributed by atoms with Gasteiger partial charge < -0.3 is 9.47 Å². The monoisotopic (exact) mass is 750 g/mol. The molecule has 274 valence electrons. The molecule has 0 spiro atoms. The van der Waals surface area contributed by atoms with Gasteiger partial charge in [0.1, 0.15) is 16.7 Å². The Hall–Kier alpha value is -4.73. The average molecular weight is 751 g/mol. The molecule has 0 saturated heterocycles. The molecule has 20 heteroatoms. The minimum atomic E-state index is -6.39. The van der Waals surface area contributed by atoms with Crippen LogP contribution >= 0.6 is 11.6 Å². The van der Waals surface area contributed by atoms with E-state index in [1.807, 2.05) is 6.07 Å². The van der Waals surface area contributed by atoms with Crippen LogP contribution in [-0.4, -0.2) is 66.4 Å². The molecule has 2 aliphatic carbocycles. The first-order chi connectivity index (χ1) is 23.4.